The van der Waals surface area contributed by atoms with Crippen molar-refractivity contribution in [1.82, 2.24) is 14.8 Å². The average molecular weight is 465 g/mol. The van der Waals surface area contributed by atoms with Crippen LogP contribution < -0.4 is 10.1 Å². The smallest absolute Gasteiger partial charge is 0.234 e. The number of aryl methyl sites for hydroxylation is 2. The number of hydrogen-bond donors (Lipinski definition) is 1. The number of para-hydroxylation sites is 1. The van der Waals surface area contributed by atoms with E-state index in [0.717, 1.165) is 16.8 Å². The third-order valence-electron chi connectivity index (χ3n) is 4.51. The molecule has 0 aliphatic rings. The van der Waals surface area contributed by atoms with Crippen LogP contribution in [0.25, 0.3) is 0 Å². The van der Waals surface area contributed by atoms with Crippen LogP contribution in [0, 0.1) is 13.8 Å². The van der Waals surface area contributed by atoms with Gasteiger partial charge >= 0.3 is 0 Å². The molecular formula is C21H22Cl2N4O2S. The summed E-state index contributed by atoms with van der Waals surface area (Å²) in [6.07, 6.45) is -0.390. The molecule has 3 rings (SSSR count). The van der Waals surface area contributed by atoms with Crippen LogP contribution in [0.4, 0.5) is 5.69 Å². The van der Waals surface area contributed by atoms with E-state index in [-0.39, 0.29) is 17.8 Å². The molecule has 9 heteroatoms. The lowest BCUT2D eigenvalue weighted by atomic mass is 10.1. The van der Waals surface area contributed by atoms with Crippen LogP contribution in [-0.4, -0.2) is 26.4 Å². The first kappa shape index (κ1) is 22.5. The molecule has 0 saturated carbocycles. The van der Waals surface area contributed by atoms with Crippen molar-refractivity contribution in [2.45, 2.75) is 32.0 Å². The summed E-state index contributed by atoms with van der Waals surface area (Å²) in [5, 5.41) is 13.0. The van der Waals surface area contributed by atoms with Gasteiger partial charge in [0.2, 0.25) is 5.91 Å². The number of anilines is 1. The number of nitrogens with one attached hydrogen (secondary N) is 1. The van der Waals surface area contributed by atoms with Gasteiger partial charge in [0.15, 0.2) is 17.1 Å². The van der Waals surface area contributed by atoms with E-state index in [4.69, 9.17) is 27.9 Å². The fourth-order valence-corrected chi connectivity index (χ4v) is 4.11. The highest BCUT2D eigenvalue weighted by Gasteiger charge is 2.19. The lowest BCUT2D eigenvalue weighted by molar-refractivity contribution is -0.113. The Labute approximate surface area is 189 Å². The molecule has 1 unspecified atom stereocenters. The monoisotopic (exact) mass is 464 g/mol. The average Bonchev–Trinajstić information content (AvgIpc) is 3.06. The Morgan fingerprint density at radius 1 is 1.20 bits per heavy atom. The molecule has 1 heterocycles. The number of nitrogens with zero attached hydrogens (tertiary/aromatic N) is 3. The van der Waals surface area contributed by atoms with Crippen LogP contribution in [0.15, 0.2) is 41.6 Å². The van der Waals surface area contributed by atoms with Gasteiger partial charge in [0.1, 0.15) is 5.75 Å². The van der Waals surface area contributed by atoms with Crippen molar-refractivity contribution in [2.75, 3.05) is 11.1 Å². The second-order valence-electron chi connectivity index (χ2n) is 6.84. The summed E-state index contributed by atoms with van der Waals surface area (Å²) in [5.74, 6) is 1.26. The van der Waals surface area contributed by atoms with Crippen molar-refractivity contribution in [3.8, 4) is 5.75 Å². The van der Waals surface area contributed by atoms with Gasteiger partial charge < -0.3 is 14.6 Å². The minimum Gasteiger partial charge on any atom is -0.481 e. The third-order valence-corrected chi connectivity index (χ3v) is 6.06. The van der Waals surface area contributed by atoms with E-state index in [0.29, 0.717) is 26.8 Å². The predicted molar refractivity (Wildman–Crippen MR) is 122 cm³/mol. The first-order valence-electron chi connectivity index (χ1n) is 9.26. The zero-order valence-corrected chi connectivity index (χ0v) is 19.4. The van der Waals surface area contributed by atoms with E-state index in [1.54, 1.807) is 18.2 Å². The molecule has 3 aromatic rings. The molecule has 0 radical (unpaired) electrons. The zero-order chi connectivity index (χ0) is 21.8. The maximum atomic E-state index is 12.4. The summed E-state index contributed by atoms with van der Waals surface area (Å²) in [4.78, 5) is 12.4. The Balaban J connectivity index is 1.63. The molecular weight excluding hydrogens is 443 g/mol. The molecule has 1 amide bonds. The molecule has 0 fully saturated rings. The lowest BCUT2D eigenvalue weighted by Crippen LogP contribution is -2.16. The number of amides is 1. The normalized spacial score (nSPS) is 11.9. The standard InChI is InChI=1S/C21H22Cl2N4O2S/c1-12-6-5-7-13(2)19(12)24-18(28)11-30-21-26-25-20(27(21)4)14(3)29-17-9-8-15(22)10-16(17)23/h5-10,14H,11H2,1-4H3,(H,24,28). The summed E-state index contributed by atoms with van der Waals surface area (Å²) in [6, 6.07) is 11.0. The van der Waals surface area contributed by atoms with Gasteiger partial charge in [-0.2, -0.15) is 0 Å². The van der Waals surface area contributed by atoms with Crippen LogP contribution in [-0.2, 0) is 11.8 Å². The minimum absolute atomic E-state index is 0.0980. The maximum absolute atomic E-state index is 12.4. The molecule has 158 valence electrons. The topological polar surface area (TPSA) is 69.0 Å². The van der Waals surface area contributed by atoms with Gasteiger partial charge in [0.25, 0.3) is 0 Å². The molecule has 2 aromatic carbocycles. The summed E-state index contributed by atoms with van der Waals surface area (Å²) in [6.45, 7) is 5.80. The van der Waals surface area contributed by atoms with Crippen molar-refractivity contribution in [3.63, 3.8) is 0 Å². The Hall–Kier alpha value is -2.22. The first-order chi connectivity index (χ1) is 14.3. The summed E-state index contributed by atoms with van der Waals surface area (Å²) in [5.41, 5.74) is 2.91. The molecule has 30 heavy (non-hydrogen) atoms. The van der Waals surface area contributed by atoms with Gasteiger partial charge in [-0.3, -0.25) is 4.79 Å². The highest BCUT2D eigenvalue weighted by molar-refractivity contribution is 7.99. The second kappa shape index (κ2) is 9.73. The highest BCUT2D eigenvalue weighted by Crippen LogP contribution is 2.31. The van der Waals surface area contributed by atoms with Crippen LogP contribution in [0.3, 0.4) is 0 Å². The van der Waals surface area contributed by atoms with Crippen molar-refractivity contribution in [2.24, 2.45) is 7.05 Å². The van der Waals surface area contributed by atoms with E-state index in [1.807, 2.05) is 50.6 Å². The van der Waals surface area contributed by atoms with E-state index in [1.165, 1.54) is 11.8 Å². The van der Waals surface area contributed by atoms with E-state index in [9.17, 15) is 4.79 Å². The molecule has 0 spiro atoms. The molecule has 6 nitrogen and oxygen atoms in total. The van der Waals surface area contributed by atoms with Crippen molar-refractivity contribution >= 4 is 46.6 Å². The first-order valence-corrected chi connectivity index (χ1v) is 11.0. The van der Waals surface area contributed by atoms with Crippen LogP contribution >= 0.6 is 35.0 Å². The van der Waals surface area contributed by atoms with Crippen LogP contribution in [0.1, 0.15) is 30.0 Å². The zero-order valence-electron chi connectivity index (χ0n) is 17.1. The number of thioether (sulfide) groups is 1. The summed E-state index contributed by atoms with van der Waals surface area (Å²) >= 11 is 13.4. The van der Waals surface area contributed by atoms with Crippen molar-refractivity contribution in [1.29, 1.82) is 0 Å². The molecule has 0 aliphatic heterocycles. The molecule has 0 bridgehead atoms. The number of aromatic nitrogens is 3. The van der Waals surface area contributed by atoms with E-state index < -0.39 is 0 Å². The number of ether oxygens (including phenoxy) is 1. The predicted octanol–water partition coefficient (Wildman–Crippen LogP) is 5.61. The molecule has 0 saturated heterocycles. The number of benzene rings is 2. The number of rotatable bonds is 7. The molecule has 1 aromatic heterocycles. The van der Waals surface area contributed by atoms with Crippen molar-refractivity contribution < 1.29 is 9.53 Å². The van der Waals surface area contributed by atoms with Gasteiger partial charge in [0, 0.05) is 17.8 Å². The summed E-state index contributed by atoms with van der Waals surface area (Å²) in [7, 11) is 1.84. The summed E-state index contributed by atoms with van der Waals surface area (Å²) < 4.78 is 7.72. The largest absolute Gasteiger partial charge is 0.481 e. The molecule has 1 N–H and O–H groups in total. The fourth-order valence-electron chi connectivity index (χ4n) is 2.94. The second-order valence-corrected chi connectivity index (χ2v) is 8.62. The van der Waals surface area contributed by atoms with E-state index in [2.05, 4.69) is 15.5 Å². The Morgan fingerprint density at radius 3 is 2.57 bits per heavy atom. The lowest BCUT2D eigenvalue weighted by Gasteiger charge is -2.15. The van der Waals surface area contributed by atoms with Crippen LogP contribution in [0.2, 0.25) is 10.0 Å². The highest BCUT2D eigenvalue weighted by atomic mass is 35.5. The van der Waals surface area contributed by atoms with Gasteiger partial charge in [-0.15, -0.1) is 10.2 Å². The van der Waals surface area contributed by atoms with Gasteiger partial charge in [-0.25, -0.2) is 0 Å². The van der Waals surface area contributed by atoms with E-state index >= 15 is 0 Å². The maximum Gasteiger partial charge on any atom is 0.234 e. The number of halogens is 2. The molecule has 1 atom stereocenters. The number of hydrogen-bond acceptors (Lipinski definition) is 5. The SMILES string of the molecule is Cc1cccc(C)c1NC(=O)CSc1nnc(C(C)Oc2ccc(Cl)cc2Cl)n1C. The fraction of sp³-hybridized carbons (Fsp3) is 0.286. The Bertz CT molecular complexity index is 1050. The quantitative estimate of drug-likeness (QED) is 0.460. The molecule has 0 aliphatic carbocycles. The van der Waals surface area contributed by atoms with Crippen molar-refractivity contribution in [3.05, 3.63) is 63.4 Å². The minimum atomic E-state index is -0.390. The van der Waals surface area contributed by atoms with Gasteiger partial charge in [-0.1, -0.05) is 53.2 Å². The number of carbonyl (C=O) groups is 1. The van der Waals surface area contributed by atoms with Crippen LogP contribution in [0.5, 0.6) is 5.75 Å². The van der Waals surface area contributed by atoms with Gasteiger partial charge in [-0.05, 0) is 50.1 Å². The number of carbonyl (C=O) groups excluding carboxylic acids is 1. The Kier molecular flexibility index (Phi) is 7.28. The third kappa shape index (κ3) is 5.28. The Morgan fingerprint density at radius 2 is 1.90 bits per heavy atom. The van der Waals surface area contributed by atoms with Gasteiger partial charge in [0.05, 0.1) is 10.8 Å².